The van der Waals surface area contributed by atoms with Gasteiger partial charge in [0.15, 0.2) is 0 Å². The number of amides is 1. The van der Waals surface area contributed by atoms with Gasteiger partial charge in [0.25, 0.3) is 5.91 Å². The van der Waals surface area contributed by atoms with Crippen LogP contribution in [0.15, 0.2) is 71.6 Å². The van der Waals surface area contributed by atoms with Crippen LogP contribution in [0.1, 0.15) is 15.9 Å². The Morgan fingerprint density at radius 3 is 2.15 bits per heavy atom. The highest BCUT2D eigenvalue weighted by molar-refractivity contribution is 7.98. The van der Waals surface area contributed by atoms with E-state index in [1.165, 1.54) is 12.1 Å². The van der Waals surface area contributed by atoms with Crippen LogP contribution >= 0.6 is 35.0 Å². The number of anilines is 1. The van der Waals surface area contributed by atoms with E-state index in [4.69, 9.17) is 23.2 Å². The summed E-state index contributed by atoms with van der Waals surface area (Å²) in [7, 11) is 0. The van der Waals surface area contributed by atoms with Gasteiger partial charge in [-0.05, 0) is 60.2 Å². The van der Waals surface area contributed by atoms with E-state index in [0.717, 1.165) is 16.2 Å². The number of carbonyl (C=O) groups excluding carboxylic acids is 1. The van der Waals surface area contributed by atoms with Crippen molar-refractivity contribution in [1.29, 1.82) is 0 Å². The molecule has 2 nitrogen and oxygen atoms in total. The summed E-state index contributed by atoms with van der Waals surface area (Å²) >= 11 is 13.5. The zero-order valence-electron chi connectivity index (χ0n) is 13.5. The molecule has 0 aromatic heterocycles. The zero-order valence-corrected chi connectivity index (χ0v) is 15.8. The summed E-state index contributed by atoms with van der Waals surface area (Å²) in [4.78, 5) is 13.3. The molecule has 26 heavy (non-hydrogen) atoms. The van der Waals surface area contributed by atoms with E-state index in [0.29, 0.717) is 21.3 Å². The van der Waals surface area contributed by atoms with Crippen molar-refractivity contribution in [1.82, 2.24) is 0 Å². The number of hydrogen-bond donors (Lipinski definition) is 1. The van der Waals surface area contributed by atoms with Gasteiger partial charge in [-0.25, -0.2) is 4.39 Å². The molecule has 0 radical (unpaired) electrons. The van der Waals surface area contributed by atoms with Gasteiger partial charge in [-0.2, -0.15) is 0 Å². The minimum Gasteiger partial charge on any atom is -0.322 e. The van der Waals surface area contributed by atoms with E-state index in [2.05, 4.69) is 5.32 Å². The number of thioether (sulfide) groups is 1. The molecule has 6 heteroatoms. The molecule has 1 N–H and O–H groups in total. The lowest BCUT2D eigenvalue weighted by atomic mass is 10.2. The van der Waals surface area contributed by atoms with E-state index >= 15 is 0 Å². The molecule has 0 atom stereocenters. The first-order valence-corrected chi connectivity index (χ1v) is 9.48. The van der Waals surface area contributed by atoms with Crippen molar-refractivity contribution in [2.75, 3.05) is 5.32 Å². The van der Waals surface area contributed by atoms with Crippen LogP contribution in [0.5, 0.6) is 0 Å². The van der Waals surface area contributed by atoms with Crippen LogP contribution in [0.2, 0.25) is 10.0 Å². The Balaban J connectivity index is 1.60. The molecular weight excluding hydrogens is 392 g/mol. The normalized spacial score (nSPS) is 10.6. The van der Waals surface area contributed by atoms with Gasteiger partial charge in [0.2, 0.25) is 0 Å². The average Bonchev–Trinajstić information content (AvgIpc) is 2.61. The lowest BCUT2D eigenvalue weighted by Crippen LogP contribution is -2.11. The van der Waals surface area contributed by atoms with Crippen molar-refractivity contribution in [2.45, 2.75) is 10.6 Å². The Kier molecular flexibility index (Phi) is 6.20. The second-order valence-corrected chi connectivity index (χ2v) is 7.47. The quantitative estimate of drug-likeness (QED) is 0.479. The Bertz CT molecular complexity index is 894. The minimum absolute atomic E-state index is 0.240. The number of rotatable bonds is 5. The summed E-state index contributed by atoms with van der Waals surface area (Å²) in [6, 6.07) is 18.7. The second kappa shape index (κ2) is 8.58. The van der Waals surface area contributed by atoms with Crippen molar-refractivity contribution in [3.63, 3.8) is 0 Å². The third-order valence-corrected chi connectivity index (χ3v) is 5.08. The van der Waals surface area contributed by atoms with Crippen LogP contribution in [-0.2, 0) is 5.75 Å². The Labute approximate surface area is 165 Å². The van der Waals surface area contributed by atoms with Crippen molar-refractivity contribution in [3.05, 3.63) is 93.7 Å². The summed E-state index contributed by atoms with van der Waals surface area (Å²) in [5.74, 6) is 0.238. The largest absolute Gasteiger partial charge is 0.322 e. The minimum atomic E-state index is -0.275. The van der Waals surface area contributed by atoms with E-state index in [-0.39, 0.29) is 11.7 Å². The monoisotopic (exact) mass is 405 g/mol. The zero-order chi connectivity index (χ0) is 18.5. The molecule has 3 aromatic rings. The second-order valence-electron chi connectivity index (χ2n) is 5.55. The lowest BCUT2D eigenvalue weighted by Gasteiger charge is -2.08. The van der Waals surface area contributed by atoms with E-state index in [1.54, 1.807) is 42.1 Å². The Morgan fingerprint density at radius 2 is 1.54 bits per heavy atom. The van der Waals surface area contributed by atoms with E-state index in [9.17, 15) is 9.18 Å². The summed E-state index contributed by atoms with van der Waals surface area (Å²) in [5.41, 5.74) is 2.18. The van der Waals surface area contributed by atoms with Crippen LogP contribution in [0, 0.1) is 5.82 Å². The van der Waals surface area contributed by atoms with Gasteiger partial charge in [0.1, 0.15) is 5.82 Å². The van der Waals surface area contributed by atoms with Crippen molar-refractivity contribution < 1.29 is 9.18 Å². The number of nitrogens with one attached hydrogen (secondary N) is 1. The number of hydrogen-bond acceptors (Lipinski definition) is 2. The SMILES string of the molecule is O=C(Nc1ccc(CSc2ccc(F)cc2)cc1)c1cc(Cl)cc(Cl)c1. The van der Waals surface area contributed by atoms with Gasteiger partial charge in [-0.1, -0.05) is 35.3 Å². The summed E-state index contributed by atoms with van der Waals surface area (Å²) in [5, 5.41) is 3.64. The number of carbonyl (C=O) groups is 1. The van der Waals surface area contributed by atoms with Crippen LogP contribution in [0.4, 0.5) is 10.1 Å². The predicted molar refractivity (Wildman–Crippen MR) is 107 cm³/mol. The molecule has 0 aliphatic heterocycles. The van der Waals surface area contributed by atoms with Gasteiger partial charge in [0.05, 0.1) is 0 Å². The summed E-state index contributed by atoms with van der Waals surface area (Å²) < 4.78 is 12.9. The molecule has 0 unspecified atom stereocenters. The van der Waals surface area contributed by atoms with Crippen LogP contribution < -0.4 is 5.32 Å². The smallest absolute Gasteiger partial charge is 0.255 e. The van der Waals surface area contributed by atoms with E-state index in [1.807, 2.05) is 24.3 Å². The fourth-order valence-corrected chi connectivity index (χ4v) is 3.65. The molecule has 0 saturated carbocycles. The first kappa shape index (κ1) is 18.8. The number of halogens is 3. The topological polar surface area (TPSA) is 29.1 Å². The van der Waals surface area contributed by atoms with Crippen LogP contribution in [0.3, 0.4) is 0 Å². The van der Waals surface area contributed by atoms with Crippen LogP contribution in [-0.4, -0.2) is 5.91 Å². The molecule has 0 aliphatic carbocycles. The van der Waals surface area contributed by atoms with Gasteiger partial charge in [-0.3, -0.25) is 4.79 Å². The molecule has 0 fully saturated rings. The lowest BCUT2D eigenvalue weighted by molar-refractivity contribution is 0.102. The molecule has 0 spiro atoms. The summed E-state index contributed by atoms with van der Waals surface area (Å²) in [6.07, 6.45) is 0. The number of benzene rings is 3. The molecule has 1 amide bonds. The Morgan fingerprint density at radius 1 is 0.923 bits per heavy atom. The molecule has 3 aromatic carbocycles. The standard InChI is InChI=1S/C20H14Cl2FNOS/c21-15-9-14(10-16(22)11-15)20(25)24-18-5-1-13(2-6-18)12-26-19-7-3-17(23)4-8-19/h1-11H,12H2,(H,24,25). The first-order chi connectivity index (χ1) is 12.5. The average molecular weight is 406 g/mol. The molecule has 0 saturated heterocycles. The highest BCUT2D eigenvalue weighted by Crippen LogP contribution is 2.24. The van der Waals surface area contributed by atoms with Gasteiger partial charge >= 0.3 is 0 Å². The van der Waals surface area contributed by atoms with Gasteiger partial charge < -0.3 is 5.32 Å². The summed E-state index contributed by atoms with van der Waals surface area (Å²) in [6.45, 7) is 0. The maximum absolute atomic E-state index is 12.9. The highest BCUT2D eigenvalue weighted by atomic mass is 35.5. The van der Waals surface area contributed by atoms with Crippen molar-refractivity contribution in [2.24, 2.45) is 0 Å². The molecule has 0 heterocycles. The van der Waals surface area contributed by atoms with Crippen LogP contribution in [0.25, 0.3) is 0 Å². The van der Waals surface area contributed by atoms with Crippen molar-refractivity contribution in [3.8, 4) is 0 Å². The highest BCUT2D eigenvalue weighted by Gasteiger charge is 2.08. The Hall–Kier alpha value is -2.01. The molecule has 0 aliphatic rings. The molecule has 132 valence electrons. The van der Waals surface area contributed by atoms with Gasteiger partial charge in [0, 0.05) is 31.9 Å². The first-order valence-electron chi connectivity index (χ1n) is 7.74. The predicted octanol–water partition coefficient (Wildman–Crippen LogP) is 6.68. The maximum Gasteiger partial charge on any atom is 0.255 e. The maximum atomic E-state index is 12.9. The fraction of sp³-hybridized carbons (Fsp3) is 0.0500. The third kappa shape index (κ3) is 5.24. The molecule has 0 bridgehead atoms. The van der Waals surface area contributed by atoms with Gasteiger partial charge in [-0.15, -0.1) is 11.8 Å². The third-order valence-electron chi connectivity index (χ3n) is 3.56. The fourth-order valence-electron chi connectivity index (χ4n) is 2.27. The molecule has 3 rings (SSSR count). The van der Waals surface area contributed by atoms with Crippen molar-refractivity contribution >= 4 is 46.6 Å². The molecular formula is C20H14Cl2FNOS. The van der Waals surface area contributed by atoms with E-state index < -0.39 is 0 Å².